The predicted molar refractivity (Wildman–Crippen MR) is 76.2 cm³/mol. The highest BCUT2D eigenvalue weighted by molar-refractivity contribution is 8.00. The van der Waals surface area contributed by atoms with Gasteiger partial charge in [0.2, 0.25) is 11.1 Å². The minimum absolute atomic E-state index is 0.194. The third-order valence-electron chi connectivity index (χ3n) is 2.53. The number of aryl methyl sites for hydroxylation is 1. The summed E-state index contributed by atoms with van der Waals surface area (Å²) in [7, 11) is 0. The van der Waals surface area contributed by atoms with Crippen molar-refractivity contribution in [1.82, 2.24) is 15.2 Å². The number of hydrogen-bond donors (Lipinski definition) is 2. The lowest BCUT2D eigenvalue weighted by Crippen LogP contribution is -2.23. The fourth-order valence-corrected chi connectivity index (χ4v) is 2.28. The molecule has 1 amide bonds. The van der Waals surface area contributed by atoms with Crippen molar-refractivity contribution < 1.29 is 4.79 Å². The van der Waals surface area contributed by atoms with Crippen LogP contribution in [0, 0.1) is 18.3 Å². The number of aromatic amines is 1. The van der Waals surface area contributed by atoms with Crippen molar-refractivity contribution in [1.29, 1.82) is 5.26 Å². The molecule has 20 heavy (non-hydrogen) atoms. The van der Waals surface area contributed by atoms with Crippen LogP contribution in [-0.4, -0.2) is 26.3 Å². The van der Waals surface area contributed by atoms with Gasteiger partial charge >= 0.3 is 0 Å². The van der Waals surface area contributed by atoms with Crippen LogP contribution < -0.4 is 5.32 Å². The van der Waals surface area contributed by atoms with Gasteiger partial charge < -0.3 is 5.32 Å². The molecular weight excluding hydrogens is 274 g/mol. The van der Waals surface area contributed by atoms with Gasteiger partial charge in [0.1, 0.15) is 11.9 Å². The Morgan fingerprint density at radius 3 is 2.90 bits per heavy atom. The normalized spacial score (nSPS) is 11.7. The maximum absolute atomic E-state index is 12.1. The summed E-state index contributed by atoms with van der Waals surface area (Å²) in [6, 6.07) is 8.92. The van der Waals surface area contributed by atoms with Crippen LogP contribution in [0.1, 0.15) is 18.3 Å². The van der Waals surface area contributed by atoms with E-state index in [4.69, 9.17) is 5.26 Å². The van der Waals surface area contributed by atoms with E-state index in [1.807, 2.05) is 6.07 Å². The SMILES string of the molecule is Cc1nc(S[C@@H](C)C(=O)Nc2ccccc2C#N)n[nH]1. The molecule has 2 N–H and O–H groups in total. The first-order chi connectivity index (χ1) is 9.60. The van der Waals surface area contributed by atoms with Crippen molar-refractivity contribution in [2.75, 3.05) is 5.32 Å². The Morgan fingerprint density at radius 2 is 2.25 bits per heavy atom. The number of anilines is 1. The van der Waals surface area contributed by atoms with E-state index in [2.05, 4.69) is 20.5 Å². The Hall–Kier alpha value is -2.33. The third-order valence-corrected chi connectivity index (χ3v) is 3.49. The van der Waals surface area contributed by atoms with E-state index in [1.54, 1.807) is 38.1 Å². The highest BCUT2D eigenvalue weighted by Gasteiger charge is 2.17. The third kappa shape index (κ3) is 3.36. The number of carbonyl (C=O) groups is 1. The van der Waals surface area contributed by atoms with Crippen LogP contribution in [0.15, 0.2) is 29.4 Å². The van der Waals surface area contributed by atoms with E-state index in [0.29, 0.717) is 22.2 Å². The average Bonchev–Trinajstić information content (AvgIpc) is 2.84. The molecule has 1 atom stereocenters. The van der Waals surface area contributed by atoms with E-state index >= 15 is 0 Å². The summed E-state index contributed by atoms with van der Waals surface area (Å²) in [6.45, 7) is 3.56. The van der Waals surface area contributed by atoms with Gasteiger partial charge in [0.25, 0.3) is 0 Å². The lowest BCUT2D eigenvalue weighted by molar-refractivity contribution is -0.115. The number of H-pyrrole nitrogens is 1. The van der Waals surface area contributed by atoms with Crippen molar-refractivity contribution in [3.05, 3.63) is 35.7 Å². The summed E-state index contributed by atoms with van der Waals surface area (Å²) in [4.78, 5) is 16.2. The molecule has 1 heterocycles. The zero-order valence-electron chi connectivity index (χ0n) is 11.0. The molecule has 0 aliphatic heterocycles. The highest BCUT2D eigenvalue weighted by atomic mass is 32.2. The molecule has 1 aromatic carbocycles. The summed E-state index contributed by atoms with van der Waals surface area (Å²) >= 11 is 1.26. The van der Waals surface area contributed by atoms with E-state index < -0.39 is 0 Å². The summed E-state index contributed by atoms with van der Waals surface area (Å²) in [5.74, 6) is 0.509. The summed E-state index contributed by atoms with van der Waals surface area (Å²) in [6.07, 6.45) is 0. The Bertz CT molecular complexity index is 661. The van der Waals surface area contributed by atoms with E-state index in [0.717, 1.165) is 0 Å². The minimum Gasteiger partial charge on any atom is -0.324 e. The van der Waals surface area contributed by atoms with E-state index in [-0.39, 0.29) is 11.2 Å². The standard InChI is InChI=1S/C13H13N5OS/c1-8(20-13-15-9(2)17-18-13)12(19)16-11-6-4-3-5-10(11)7-14/h3-6,8H,1-2H3,(H,16,19)(H,15,17,18)/t8-/m0/s1. The van der Waals surface area contributed by atoms with Gasteiger partial charge in [-0.3, -0.25) is 9.89 Å². The Kier molecular flexibility index (Phi) is 4.38. The number of rotatable bonds is 4. The highest BCUT2D eigenvalue weighted by Crippen LogP contribution is 2.21. The molecule has 6 nitrogen and oxygen atoms in total. The van der Waals surface area contributed by atoms with Gasteiger partial charge in [-0.05, 0) is 26.0 Å². The van der Waals surface area contributed by atoms with Crippen LogP contribution in [0.5, 0.6) is 0 Å². The number of nitriles is 1. The second kappa shape index (κ2) is 6.21. The first-order valence-electron chi connectivity index (χ1n) is 5.96. The molecule has 0 aliphatic carbocycles. The number of benzene rings is 1. The van der Waals surface area contributed by atoms with Crippen LogP contribution >= 0.6 is 11.8 Å². The van der Waals surface area contributed by atoms with Crippen LogP contribution in [-0.2, 0) is 4.79 Å². The van der Waals surface area contributed by atoms with Crippen molar-refractivity contribution in [3.8, 4) is 6.07 Å². The molecule has 0 aliphatic rings. The predicted octanol–water partition coefficient (Wildman–Crippen LogP) is 2.10. The lowest BCUT2D eigenvalue weighted by atomic mass is 10.2. The van der Waals surface area contributed by atoms with Crippen molar-refractivity contribution in [3.63, 3.8) is 0 Å². The number of thioether (sulfide) groups is 1. The first kappa shape index (κ1) is 14.1. The molecule has 0 radical (unpaired) electrons. The molecule has 0 fully saturated rings. The summed E-state index contributed by atoms with van der Waals surface area (Å²) < 4.78 is 0. The topological polar surface area (TPSA) is 94.5 Å². The minimum atomic E-state index is -0.364. The fraction of sp³-hybridized carbons (Fsp3) is 0.231. The Balaban J connectivity index is 2.02. The molecule has 0 unspecified atom stereocenters. The first-order valence-corrected chi connectivity index (χ1v) is 6.84. The van der Waals surface area contributed by atoms with Crippen molar-refractivity contribution >= 4 is 23.4 Å². The molecule has 0 saturated heterocycles. The average molecular weight is 287 g/mol. The van der Waals surface area contributed by atoms with Gasteiger partial charge in [0.05, 0.1) is 16.5 Å². The molecule has 0 bridgehead atoms. The largest absolute Gasteiger partial charge is 0.324 e. The van der Waals surface area contributed by atoms with Gasteiger partial charge in [-0.25, -0.2) is 4.98 Å². The van der Waals surface area contributed by atoms with Gasteiger partial charge in [-0.2, -0.15) is 5.26 Å². The van der Waals surface area contributed by atoms with Gasteiger partial charge in [0.15, 0.2) is 0 Å². The molecule has 0 saturated carbocycles. The van der Waals surface area contributed by atoms with Gasteiger partial charge in [0, 0.05) is 0 Å². The number of nitrogens with one attached hydrogen (secondary N) is 2. The molecule has 7 heteroatoms. The lowest BCUT2D eigenvalue weighted by Gasteiger charge is -2.10. The van der Waals surface area contributed by atoms with Gasteiger partial charge in [-0.1, -0.05) is 23.9 Å². The second-order valence-corrected chi connectivity index (χ2v) is 5.42. The molecule has 2 aromatic rings. The quantitative estimate of drug-likeness (QED) is 0.840. The van der Waals surface area contributed by atoms with Crippen LogP contribution in [0.25, 0.3) is 0 Å². The summed E-state index contributed by atoms with van der Waals surface area (Å²) in [5, 5.41) is 18.6. The number of nitrogens with zero attached hydrogens (tertiary/aromatic N) is 3. The number of hydrogen-bond acceptors (Lipinski definition) is 5. The number of aromatic nitrogens is 3. The Labute approximate surface area is 120 Å². The molecule has 2 rings (SSSR count). The monoisotopic (exact) mass is 287 g/mol. The van der Waals surface area contributed by atoms with Crippen molar-refractivity contribution in [2.24, 2.45) is 0 Å². The smallest absolute Gasteiger partial charge is 0.237 e. The van der Waals surface area contributed by atoms with Gasteiger partial charge in [-0.15, -0.1) is 5.10 Å². The zero-order chi connectivity index (χ0) is 14.5. The molecule has 1 aromatic heterocycles. The van der Waals surface area contributed by atoms with E-state index in [1.165, 1.54) is 11.8 Å². The number of amides is 1. The zero-order valence-corrected chi connectivity index (χ0v) is 11.9. The molecular formula is C13H13N5OS. The van der Waals surface area contributed by atoms with Crippen molar-refractivity contribution in [2.45, 2.75) is 24.3 Å². The molecule has 0 spiro atoms. The van der Waals surface area contributed by atoms with Crippen LogP contribution in [0.4, 0.5) is 5.69 Å². The van der Waals surface area contributed by atoms with Crippen LogP contribution in [0.3, 0.4) is 0 Å². The fourth-order valence-electron chi connectivity index (χ4n) is 1.51. The molecule has 102 valence electrons. The van der Waals surface area contributed by atoms with E-state index in [9.17, 15) is 4.79 Å². The Morgan fingerprint density at radius 1 is 1.50 bits per heavy atom. The maximum atomic E-state index is 12.1. The number of para-hydroxylation sites is 1. The number of carbonyl (C=O) groups excluding carboxylic acids is 1. The summed E-state index contributed by atoms with van der Waals surface area (Å²) in [5.41, 5.74) is 0.949. The second-order valence-electron chi connectivity index (χ2n) is 4.11. The van der Waals surface area contributed by atoms with Crippen LogP contribution in [0.2, 0.25) is 0 Å². The maximum Gasteiger partial charge on any atom is 0.237 e.